The summed E-state index contributed by atoms with van der Waals surface area (Å²) in [5.74, 6) is -0.254. The second kappa shape index (κ2) is 4.64. The molecule has 1 unspecified atom stereocenters. The standard InChI is InChI=1S/C14H16N2O2/c1-3-9-16-12(17)10-15-13(18)14(16,2)11-7-5-4-6-8-11/h3-8H,1,9-10H2,2H3,(H,15,18). The first kappa shape index (κ1) is 12.4. The molecule has 0 spiro atoms. The monoisotopic (exact) mass is 244 g/mol. The van der Waals surface area contributed by atoms with Gasteiger partial charge in [0.1, 0.15) is 5.54 Å². The second-order valence-electron chi connectivity index (χ2n) is 4.41. The predicted octanol–water partition coefficient (Wildman–Crippen LogP) is 1.05. The number of hydrogen-bond donors (Lipinski definition) is 1. The minimum atomic E-state index is -0.967. The highest BCUT2D eigenvalue weighted by Gasteiger charge is 2.46. The summed E-state index contributed by atoms with van der Waals surface area (Å²) in [5.41, 5.74) is -0.164. The third-order valence-corrected chi connectivity index (χ3v) is 3.33. The molecule has 1 heterocycles. The molecule has 1 fully saturated rings. The Balaban J connectivity index is 2.50. The summed E-state index contributed by atoms with van der Waals surface area (Å²) in [5, 5.41) is 2.64. The van der Waals surface area contributed by atoms with E-state index >= 15 is 0 Å². The van der Waals surface area contributed by atoms with E-state index in [0.717, 1.165) is 5.56 Å². The van der Waals surface area contributed by atoms with E-state index in [9.17, 15) is 9.59 Å². The van der Waals surface area contributed by atoms with Crippen LogP contribution >= 0.6 is 0 Å². The summed E-state index contributed by atoms with van der Waals surface area (Å²) in [6.07, 6.45) is 1.64. The third kappa shape index (κ3) is 1.79. The van der Waals surface area contributed by atoms with Crippen LogP contribution in [0.3, 0.4) is 0 Å². The molecule has 0 bridgehead atoms. The minimum Gasteiger partial charge on any atom is -0.345 e. The molecule has 0 aromatic heterocycles. The molecule has 2 rings (SSSR count). The SMILES string of the molecule is C=CCN1C(=O)CNC(=O)C1(C)c1ccccc1. The highest BCUT2D eigenvalue weighted by molar-refractivity contribution is 5.98. The van der Waals surface area contributed by atoms with Gasteiger partial charge in [-0.1, -0.05) is 36.4 Å². The van der Waals surface area contributed by atoms with Gasteiger partial charge in [0.15, 0.2) is 0 Å². The zero-order chi connectivity index (χ0) is 13.2. The van der Waals surface area contributed by atoms with Crippen LogP contribution < -0.4 is 5.32 Å². The Morgan fingerprint density at radius 3 is 2.67 bits per heavy atom. The maximum absolute atomic E-state index is 12.2. The number of carbonyl (C=O) groups excluding carboxylic acids is 2. The third-order valence-electron chi connectivity index (χ3n) is 3.33. The molecular formula is C14H16N2O2. The Morgan fingerprint density at radius 1 is 1.39 bits per heavy atom. The van der Waals surface area contributed by atoms with Crippen molar-refractivity contribution in [2.75, 3.05) is 13.1 Å². The molecule has 0 aliphatic carbocycles. The fraction of sp³-hybridized carbons (Fsp3) is 0.286. The van der Waals surface area contributed by atoms with Gasteiger partial charge in [-0.25, -0.2) is 0 Å². The molecule has 1 N–H and O–H groups in total. The molecule has 4 heteroatoms. The van der Waals surface area contributed by atoms with Gasteiger partial charge in [0.25, 0.3) is 5.91 Å². The fourth-order valence-electron chi connectivity index (χ4n) is 2.26. The van der Waals surface area contributed by atoms with Crippen LogP contribution in [0.1, 0.15) is 12.5 Å². The van der Waals surface area contributed by atoms with Crippen LogP contribution in [-0.2, 0) is 15.1 Å². The molecule has 1 aromatic rings. The van der Waals surface area contributed by atoms with E-state index in [1.54, 1.807) is 17.9 Å². The summed E-state index contributed by atoms with van der Waals surface area (Å²) in [7, 11) is 0. The van der Waals surface area contributed by atoms with E-state index in [2.05, 4.69) is 11.9 Å². The van der Waals surface area contributed by atoms with E-state index in [4.69, 9.17) is 0 Å². The fourth-order valence-corrected chi connectivity index (χ4v) is 2.26. The van der Waals surface area contributed by atoms with Gasteiger partial charge < -0.3 is 10.2 Å². The molecule has 1 aliphatic rings. The first-order chi connectivity index (χ1) is 8.60. The van der Waals surface area contributed by atoms with Crippen LogP contribution in [0.5, 0.6) is 0 Å². The maximum atomic E-state index is 12.2. The number of amides is 2. The van der Waals surface area contributed by atoms with Crippen LogP contribution in [-0.4, -0.2) is 29.8 Å². The molecule has 0 radical (unpaired) electrons. The van der Waals surface area contributed by atoms with Crippen LogP contribution in [0.25, 0.3) is 0 Å². The van der Waals surface area contributed by atoms with E-state index in [0.29, 0.717) is 6.54 Å². The van der Waals surface area contributed by atoms with Crippen LogP contribution in [0.15, 0.2) is 43.0 Å². The van der Waals surface area contributed by atoms with Crippen molar-refractivity contribution in [2.45, 2.75) is 12.5 Å². The predicted molar refractivity (Wildman–Crippen MR) is 68.7 cm³/mol. The van der Waals surface area contributed by atoms with E-state index in [-0.39, 0.29) is 18.4 Å². The van der Waals surface area contributed by atoms with Crippen molar-refractivity contribution in [1.29, 1.82) is 0 Å². The molecule has 1 aliphatic heterocycles. The van der Waals surface area contributed by atoms with Gasteiger partial charge in [0.05, 0.1) is 6.54 Å². The van der Waals surface area contributed by atoms with Crippen molar-refractivity contribution >= 4 is 11.8 Å². The largest absolute Gasteiger partial charge is 0.345 e. The highest BCUT2D eigenvalue weighted by Crippen LogP contribution is 2.30. The average molecular weight is 244 g/mol. The van der Waals surface area contributed by atoms with Crippen LogP contribution in [0, 0.1) is 0 Å². The van der Waals surface area contributed by atoms with Gasteiger partial charge in [-0.2, -0.15) is 0 Å². The van der Waals surface area contributed by atoms with E-state index in [1.165, 1.54) is 0 Å². The van der Waals surface area contributed by atoms with Gasteiger partial charge in [-0.05, 0) is 12.5 Å². The second-order valence-corrected chi connectivity index (χ2v) is 4.41. The molecule has 0 saturated carbocycles. The van der Waals surface area contributed by atoms with Crippen molar-refractivity contribution in [2.24, 2.45) is 0 Å². The number of hydrogen-bond acceptors (Lipinski definition) is 2. The average Bonchev–Trinajstić information content (AvgIpc) is 2.40. The summed E-state index contributed by atoms with van der Waals surface area (Å²) < 4.78 is 0. The van der Waals surface area contributed by atoms with E-state index < -0.39 is 5.54 Å². The summed E-state index contributed by atoms with van der Waals surface area (Å²) >= 11 is 0. The lowest BCUT2D eigenvalue weighted by molar-refractivity contribution is -0.152. The lowest BCUT2D eigenvalue weighted by atomic mass is 9.87. The van der Waals surface area contributed by atoms with Gasteiger partial charge >= 0.3 is 0 Å². The van der Waals surface area contributed by atoms with Crippen molar-refractivity contribution in [3.05, 3.63) is 48.6 Å². The van der Waals surface area contributed by atoms with Crippen molar-refractivity contribution < 1.29 is 9.59 Å². The number of carbonyl (C=O) groups is 2. The molecule has 18 heavy (non-hydrogen) atoms. The zero-order valence-corrected chi connectivity index (χ0v) is 10.3. The first-order valence-corrected chi connectivity index (χ1v) is 5.86. The Kier molecular flexibility index (Phi) is 3.19. The molecule has 1 aromatic carbocycles. The van der Waals surface area contributed by atoms with Gasteiger partial charge in [0.2, 0.25) is 5.91 Å². The lowest BCUT2D eigenvalue weighted by Crippen LogP contribution is -2.63. The zero-order valence-electron chi connectivity index (χ0n) is 10.3. The minimum absolute atomic E-state index is 0.0507. The van der Waals surface area contributed by atoms with Crippen LogP contribution in [0.2, 0.25) is 0 Å². The number of nitrogens with one attached hydrogen (secondary N) is 1. The Bertz CT molecular complexity index is 484. The van der Waals surface area contributed by atoms with Crippen molar-refractivity contribution in [3.63, 3.8) is 0 Å². The molecule has 1 atom stereocenters. The quantitative estimate of drug-likeness (QED) is 0.808. The van der Waals surface area contributed by atoms with E-state index in [1.807, 2.05) is 30.3 Å². The number of piperazine rings is 1. The Labute approximate surface area is 106 Å². The summed E-state index contributed by atoms with van der Waals surface area (Å²) in [4.78, 5) is 25.8. The molecule has 4 nitrogen and oxygen atoms in total. The van der Waals surface area contributed by atoms with Crippen molar-refractivity contribution in [1.82, 2.24) is 10.2 Å². The smallest absolute Gasteiger partial charge is 0.250 e. The van der Waals surface area contributed by atoms with Gasteiger partial charge in [-0.3, -0.25) is 9.59 Å². The van der Waals surface area contributed by atoms with Crippen molar-refractivity contribution in [3.8, 4) is 0 Å². The van der Waals surface area contributed by atoms with Crippen LogP contribution in [0.4, 0.5) is 0 Å². The Hall–Kier alpha value is -2.10. The summed E-state index contributed by atoms with van der Waals surface area (Å²) in [6, 6.07) is 9.31. The molecule has 2 amide bonds. The van der Waals surface area contributed by atoms with Gasteiger partial charge in [-0.15, -0.1) is 6.58 Å². The normalized spacial score (nSPS) is 23.7. The molecule has 94 valence electrons. The lowest BCUT2D eigenvalue weighted by Gasteiger charge is -2.43. The first-order valence-electron chi connectivity index (χ1n) is 5.86. The topological polar surface area (TPSA) is 49.4 Å². The molecular weight excluding hydrogens is 228 g/mol. The maximum Gasteiger partial charge on any atom is 0.250 e. The molecule has 1 saturated heterocycles. The van der Waals surface area contributed by atoms with Gasteiger partial charge in [0, 0.05) is 6.54 Å². The Morgan fingerprint density at radius 2 is 2.06 bits per heavy atom. The number of benzene rings is 1. The highest BCUT2D eigenvalue weighted by atomic mass is 16.2. The summed E-state index contributed by atoms with van der Waals surface area (Å²) in [6.45, 7) is 5.82. The number of rotatable bonds is 3. The number of nitrogens with zero attached hydrogens (tertiary/aromatic N) is 1.